The minimum atomic E-state index is -1.25. The third-order valence-electron chi connectivity index (χ3n) is 4.72. The summed E-state index contributed by atoms with van der Waals surface area (Å²) in [6.45, 7) is 4.29. The first kappa shape index (κ1) is 20.6. The molecule has 0 radical (unpaired) electrons. The highest BCUT2D eigenvalue weighted by atomic mass is 16.5. The van der Waals surface area contributed by atoms with Crippen molar-refractivity contribution in [3.05, 3.63) is 78.4 Å². The fourth-order valence-electron chi connectivity index (χ4n) is 3.29. The highest BCUT2D eigenvalue weighted by Crippen LogP contribution is 2.42. The molecule has 1 amide bonds. The number of rotatable bonds is 9. The average Bonchev–Trinajstić information content (AvgIpc) is 3.15. The van der Waals surface area contributed by atoms with E-state index in [0.29, 0.717) is 24.7 Å². The summed E-state index contributed by atoms with van der Waals surface area (Å²) in [5.41, 5.74) is 2.52. The van der Waals surface area contributed by atoms with Crippen molar-refractivity contribution < 1.29 is 19.4 Å². The number of nitrogens with two attached hydrogens (primary N) is 1. The van der Waals surface area contributed by atoms with Gasteiger partial charge in [0.25, 0.3) is 5.91 Å². The van der Waals surface area contributed by atoms with Gasteiger partial charge in [0, 0.05) is 25.0 Å². The van der Waals surface area contributed by atoms with Gasteiger partial charge in [-0.3, -0.25) is 10.2 Å². The first-order chi connectivity index (χ1) is 14.1. The molecule has 0 saturated heterocycles. The monoisotopic (exact) mass is 395 g/mol. The van der Waals surface area contributed by atoms with Crippen LogP contribution in [0, 0.1) is 0 Å². The van der Waals surface area contributed by atoms with Gasteiger partial charge in [-0.05, 0) is 29.8 Å². The minimum absolute atomic E-state index is 0.0815. The van der Waals surface area contributed by atoms with Crippen molar-refractivity contribution in [3.8, 4) is 5.75 Å². The molecular formula is C22H25N3O4. The number of nitrogens with one attached hydrogen (secondary N) is 1. The lowest BCUT2D eigenvalue weighted by molar-refractivity contribution is -0.128. The molecule has 29 heavy (non-hydrogen) atoms. The molecule has 152 valence electrons. The number of carbonyl (C=O) groups is 1. The molecule has 0 fully saturated rings. The molecule has 2 atom stereocenters. The Morgan fingerprint density at radius 3 is 2.62 bits per heavy atom. The Morgan fingerprint density at radius 2 is 2.00 bits per heavy atom. The van der Waals surface area contributed by atoms with E-state index in [2.05, 4.69) is 17.0 Å². The predicted molar refractivity (Wildman–Crippen MR) is 110 cm³/mol. The van der Waals surface area contributed by atoms with Crippen molar-refractivity contribution >= 4 is 11.8 Å². The lowest BCUT2D eigenvalue weighted by Crippen LogP contribution is -2.50. The van der Waals surface area contributed by atoms with Crippen LogP contribution in [0.25, 0.3) is 0 Å². The molecule has 7 heteroatoms. The Hall–Kier alpha value is -3.16. The van der Waals surface area contributed by atoms with Crippen molar-refractivity contribution in [2.24, 2.45) is 10.8 Å². The van der Waals surface area contributed by atoms with Crippen LogP contribution < -0.4 is 16.0 Å². The van der Waals surface area contributed by atoms with Gasteiger partial charge in [-0.2, -0.15) is 0 Å². The van der Waals surface area contributed by atoms with Crippen LogP contribution in [-0.2, 0) is 9.53 Å². The number of carbonyl (C=O) groups excluding carboxylic acids is 1. The molecule has 2 aromatic carbocycles. The molecule has 1 aliphatic heterocycles. The van der Waals surface area contributed by atoms with Crippen LogP contribution in [0.1, 0.15) is 30.1 Å². The molecule has 0 unspecified atom stereocenters. The summed E-state index contributed by atoms with van der Waals surface area (Å²) in [5, 5.41) is 8.85. The van der Waals surface area contributed by atoms with Crippen molar-refractivity contribution in [2.45, 2.75) is 24.5 Å². The van der Waals surface area contributed by atoms with Crippen molar-refractivity contribution in [1.82, 2.24) is 5.43 Å². The van der Waals surface area contributed by atoms with Crippen molar-refractivity contribution in [3.63, 3.8) is 0 Å². The lowest BCUT2D eigenvalue weighted by atomic mass is 9.84. The number of aliphatic imine (C=N–C) groups is 1. The first-order valence-corrected chi connectivity index (χ1v) is 9.42. The number of aliphatic hydroxyl groups is 1. The minimum Gasteiger partial charge on any atom is -0.494 e. The van der Waals surface area contributed by atoms with Gasteiger partial charge in [0.05, 0.1) is 6.61 Å². The first-order valence-electron chi connectivity index (χ1n) is 9.42. The van der Waals surface area contributed by atoms with Crippen molar-refractivity contribution in [1.29, 1.82) is 0 Å². The highest BCUT2D eigenvalue weighted by molar-refractivity contribution is 6.01. The molecule has 1 aliphatic rings. The van der Waals surface area contributed by atoms with Crippen LogP contribution in [-0.4, -0.2) is 35.7 Å². The van der Waals surface area contributed by atoms with E-state index in [1.807, 2.05) is 42.5 Å². The van der Waals surface area contributed by atoms with Crippen LogP contribution in [0.4, 0.5) is 0 Å². The number of hydrogen-bond donors (Lipinski definition) is 3. The molecule has 0 aromatic heterocycles. The normalized spacial score (nSPS) is 20.5. The summed E-state index contributed by atoms with van der Waals surface area (Å²) in [6.07, 6.45) is 1.83. The van der Waals surface area contributed by atoms with Crippen LogP contribution in [0.2, 0.25) is 0 Å². The van der Waals surface area contributed by atoms with Crippen molar-refractivity contribution in [2.75, 3.05) is 13.2 Å². The van der Waals surface area contributed by atoms with E-state index in [1.54, 1.807) is 18.2 Å². The Bertz CT molecular complexity index is 867. The Morgan fingerprint density at radius 1 is 1.28 bits per heavy atom. The third-order valence-corrected chi connectivity index (χ3v) is 4.72. The number of hydrogen-bond acceptors (Lipinski definition) is 6. The maximum absolute atomic E-state index is 12.8. The molecule has 0 bridgehead atoms. The van der Waals surface area contributed by atoms with E-state index in [9.17, 15) is 4.79 Å². The summed E-state index contributed by atoms with van der Waals surface area (Å²) in [7, 11) is 0. The van der Waals surface area contributed by atoms with Gasteiger partial charge in [0.15, 0.2) is 11.6 Å². The molecular weight excluding hydrogens is 370 g/mol. The van der Waals surface area contributed by atoms with Gasteiger partial charge in [0.1, 0.15) is 5.75 Å². The molecule has 7 nitrogen and oxygen atoms in total. The maximum Gasteiger partial charge on any atom is 0.266 e. The van der Waals surface area contributed by atoms with Crippen LogP contribution in [0.15, 0.2) is 72.2 Å². The highest BCUT2D eigenvalue weighted by Gasteiger charge is 2.52. The third kappa shape index (κ3) is 4.31. The summed E-state index contributed by atoms with van der Waals surface area (Å²) in [4.78, 5) is 17.4. The van der Waals surface area contributed by atoms with Gasteiger partial charge in [-0.1, -0.05) is 36.4 Å². The lowest BCUT2D eigenvalue weighted by Gasteiger charge is -2.28. The molecule has 0 saturated carbocycles. The van der Waals surface area contributed by atoms with E-state index < -0.39 is 17.6 Å². The number of benzene rings is 2. The molecule has 2 aromatic rings. The van der Waals surface area contributed by atoms with E-state index >= 15 is 0 Å². The van der Waals surface area contributed by atoms with Crippen LogP contribution in [0.5, 0.6) is 5.75 Å². The van der Waals surface area contributed by atoms with Gasteiger partial charge in [-0.15, -0.1) is 6.58 Å². The average molecular weight is 395 g/mol. The van der Waals surface area contributed by atoms with E-state index in [4.69, 9.17) is 20.4 Å². The van der Waals surface area contributed by atoms with Gasteiger partial charge in [-0.25, -0.2) is 10.8 Å². The molecule has 3 rings (SSSR count). The topological polar surface area (TPSA) is 106 Å². The summed E-state index contributed by atoms with van der Waals surface area (Å²) >= 11 is 0. The second kappa shape index (κ2) is 9.36. The summed E-state index contributed by atoms with van der Waals surface area (Å²) in [5.74, 6) is 6.07. The van der Waals surface area contributed by atoms with E-state index in [0.717, 1.165) is 11.1 Å². The SMILES string of the molecule is C=CC[C@]1(C(=O)NN)N=C(c2ccc(OCCCO)cc2)O[C@H]1c1ccccc1. The van der Waals surface area contributed by atoms with Gasteiger partial charge < -0.3 is 14.6 Å². The number of amides is 1. The van der Waals surface area contributed by atoms with E-state index in [-0.39, 0.29) is 13.0 Å². The Balaban J connectivity index is 1.94. The predicted octanol–water partition coefficient (Wildman–Crippen LogP) is 2.27. The van der Waals surface area contributed by atoms with Gasteiger partial charge >= 0.3 is 0 Å². The molecule has 4 N–H and O–H groups in total. The zero-order valence-corrected chi connectivity index (χ0v) is 16.1. The zero-order valence-electron chi connectivity index (χ0n) is 16.1. The molecule has 0 aliphatic carbocycles. The zero-order chi connectivity index (χ0) is 20.7. The van der Waals surface area contributed by atoms with E-state index in [1.165, 1.54) is 0 Å². The smallest absolute Gasteiger partial charge is 0.266 e. The fourth-order valence-corrected chi connectivity index (χ4v) is 3.29. The van der Waals surface area contributed by atoms with Gasteiger partial charge in [0.2, 0.25) is 5.90 Å². The van der Waals surface area contributed by atoms with Crippen LogP contribution >= 0.6 is 0 Å². The summed E-state index contributed by atoms with van der Waals surface area (Å²) < 4.78 is 11.7. The number of nitrogens with zero attached hydrogens (tertiary/aromatic N) is 1. The number of ether oxygens (including phenoxy) is 2. The maximum atomic E-state index is 12.8. The molecule has 0 spiro atoms. The quantitative estimate of drug-likeness (QED) is 0.199. The van der Waals surface area contributed by atoms with Crippen LogP contribution in [0.3, 0.4) is 0 Å². The number of hydrazine groups is 1. The summed E-state index contributed by atoms with van der Waals surface area (Å²) in [6, 6.07) is 16.7. The largest absolute Gasteiger partial charge is 0.494 e. The Kier molecular flexibility index (Phi) is 6.64. The Labute approximate surface area is 169 Å². The molecule has 1 heterocycles. The standard InChI is InChI=1S/C22H25N3O4/c1-2-13-22(21(27)25-23)19(16-7-4-3-5-8-16)29-20(24-22)17-9-11-18(12-10-17)28-15-6-14-26/h2-5,7-12,19,26H,1,6,13-15,23H2,(H,25,27)/t19-,22-/m0/s1. The number of aliphatic hydroxyl groups excluding tert-OH is 1. The second-order valence-electron chi connectivity index (χ2n) is 6.67. The second-order valence-corrected chi connectivity index (χ2v) is 6.67. The fraction of sp³-hybridized carbons (Fsp3) is 0.273.